The van der Waals surface area contributed by atoms with E-state index in [1.165, 1.54) is 11.3 Å². The molecule has 1 aromatic heterocycles. The van der Waals surface area contributed by atoms with Crippen LogP contribution in [-0.2, 0) is 6.54 Å². The summed E-state index contributed by atoms with van der Waals surface area (Å²) in [5.41, 5.74) is 0. The van der Waals surface area contributed by atoms with Gasteiger partial charge in [0.1, 0.15) is 0 Å². The molecule has 1 fully saturated rings. The average molecular weight is 246 g/mol. The number of nitrogens with zero attached hydrogens (tertiary/aromatic N) is 1. The van der Waals surface area contributed by atoms with E-state index in [1.807, 2.05) is 6.07 Å². The summed E-state index contributed by atoms with van der Waals surface area (Å²) in [6.45, 7) is 3.47. The van der Waals surface area contributed by atoms with E-state index in [0.29, 0.717) is 12.5 Å². The predicted molar refractivity (Wildman–Crippen MR) is 64.4 cm³/mol. The molecule has 2 heterocycles. The number of thiophene rings is 1. The highest BCUT2D eigenvalue weighted by molar-refractivity contribution is 7.16. The Labute approximate surface area is 99.5 Å². The molecule has 0 saturated carbocycles. The van der Waals surface area contributed by atoms with Gasteiger partial charge < -0.3 is 5.11 Å². The highest BCUT2D eigenvalue weighted by atomic mass is 35.5. The number of rotatable bonds is 3. The predicted octanol–water partition coefficient (Wildman–Crippen LogP) is 2.61. The van der Waals surface area contributed by atoms with Crippen molar-refractivity contribution in [3.8, 4) is 0 Å². The van der Waals surface area contributed by atoms with Gasteiger partial charge in [-0.15, -0.1) is 11.3 Å². The molecule has 0 radical (unpaired) electrons. The van der Waals surface area contributed by atoms with E-state index in [1.54, 1.807) is 11.3 Å². The van der Waals surface area contributed by atoms with Crippen LogP contribution in [0, 0.1) is 5.92 Å². The van der Waals surface area contributed by atoms with Gasteiger partial charge in [0.05, 0.1) is 4.34 Å². The second-order valence-corrected chi connectivity index (χ2v) is 5.93. The van der Waals surface area contributed by atoms with E-state index in [-0.39, 0.29) is 0 Å². The summed E-state index contributed by atoms with van der Waals surface area (Å²) in [4.78, 5) is 3.73. The van der Waals surface area contributed by atoms with Crippen LogP contribution < -0.4 is 0 Å². The molecule has 2 nitrogen and oxygen atoms in total. The zero-order valence-electron chi connectivity index (χ0n) is 8.66. The van der Waals surface area contributed by atoms with E-state index in [9.17, 15) is 0 Å². The third kappa shape index (κ3) is 3.18. The second kappa shape index (κ2) is 5.30. The molecule has 1 aliphatic rings. The van der Waals surface area contributed by atoms with Crippen LogP contribution in [0.3, 0.4) is 0 Å². The first-order valence-corrected chi connectivity index (χ1v) is 6.55. The maximum atomic E-state index is 9.13. The highest BCUT2D eigenvalue weighted by Crippen LogP contribution is 2.24. The molecule has 0 amide bonds. The minimum atomic E-state index is 0.321. The van der Waals surface area contributed by atoms with Gasteiger partial charge in [-0.25, -0.2) is 0 Å². The van der Waals surface area contributed by atoms with Crippen molar-refractivity contribution < 1.29 is 5.11 Å². The minimum Gasteiger partial charge on any atom is -0.396 e. The SMILES string of the molecule is OC[C@@H]1CCCN(Cc2ccc(Cl)s2)C1. The Morgan fingerprint density at radius 3 is 3.07 bits per heavy atom. The van der Waals surface area contributed by atoms with Crippen LogP contribution >= 0.6 is 22.9 Å². The van der Waals surface area contributed by atoms with Gasteiger partial charge >= 0.3 is 0 Å². The molecule has 1 aliphatic heterocycles. The first-order chi connectivity index (χ1) is 7.28. The summed E-state index contributed by atoms with van der Waals surface area (Å²) in [6, 6.07) is 4.05. The lowest BCUT2D eigenvalue weighted by Crippen LogP contribution is -2.36. The Morgan fingerprint density at radius 2 is 2.40 bits per heavy atom. The van der Waals surface area contributed by atoms with Crippen LogP contribution in [0.1, 0.15) is 17.7 Å². The number of hydrogen-bond donors (Lipinski definition) is 1. The Kier molecular flexibility index (Phi) is 4.03. The fraction of sp³-hybridized carbons (Fsp3) is 0.636. The van der Waals surface area contributed by atoms with E-state index < -0.39 is 0 Å². The van der Waals surface area contributed by atoms with Gasteiger partial charge in [-0.05, 0) is 37.4 Å². The third-order valence-corrected chi connectivity index (χ3v) is 4.09. The van der Waals surface area contributed by atoms with E-state index in [2.05, 4.69) is 11.0 Å². The fourth-order valence-electron chi connectivity index (χ4n) is 2.10. The molecule has 0 bridgehead atoms. The topological polar surface area (TPSA) is 23.5 Å². The zero-order chi connectivity index (χ0) is 10.7. The molecular weight excluding hydrogens is 230 g/mol. The van der Waals surface area contributed by atoms with Gasteiger partial charge in [0.25, 0.3) is 0 Å². The Bertz CT molecular complexity index is 315. The average Bonchev–Trinajstić information content (AvgIpc) is 2.64. The summed E-state index contributed by atoms with van der Waals surface area (Å²) in [5.74, 6) is 0.467. The van der Waals surface area contributed by atoms with Crippen LogP contribution in [0.5, 0.6) is 0 Å². The molecular formula is C11H16ClNOS. The molecule has 15 heavy (non-hydrogen) atoms. The van der Waals surface area contributed by atoms with Gasteiger partial charge in [-0.1, -0.05) is 11.6 Å². The summed E-state index contributed by atoms with van der Waals surface area (Å²) < 4.78 is 0.862. The van der Waals surface area contributed by atoms with Crippen molar-refractivity contribution in [3.05, 3.63) is 21.3 Å². The summed E-state index contributed by atoms with van der Waals surface area (Å²) in [7, 11) is 0. The van der Waals surface area contributed by atoms with Gasteiger partial charge in [0.2, 0.25) is 0 Å². The van der Waals surface area contributed by atoms with Crippen molar-refractivity contribution in [3.63, 3.8) is 0 Å². The molecule has 1 N–H and O–H groups in total. The molecule has 0 spiro atoms. The quantitative estimate of drug-likeness (QED) is 0.885. The summed E-state index contributed by atoms with van der Waals surface area (Å²) >= 11 is 7.55. The standard InChI is InChI=1S/C11H16ClNOS/c12-11-4-3-10(15-11)7-13-5-1-2-9(6-13)8-14/h3-4,9,14H,1-2,5-8H2/t9-/m1/s1. The summed E-state index contributed by atoms with van der Waals surface area (Å²) in [5, 5.41) is 9.13. The van der Waals surface area contributed by atoms with Crippen molar-refractivity contribution in [1.82, 2.24) is 4.90 Å². The molecule has 0 aromatic carbocycles. The number of piperidine rings is 1. The lowest BCUT2D eigenvalue weighted by Gasteiger charge is -2.31. The van der Waals surface area contributed by atoms with Gasteiger partial charge in [-0.2, -0.15) is 0 Å². The van der Waals surface area contributed by atoms with Crippen LogP contribution in [0.4, 0.5) is 0 Å². The Morgan fingerprint density at radius 1 is 1.53 bits per heavy atom. The summed E-state index contributed by atoms with van der Waals surface area (Å²) in [6.07, 6.45) is 2.36. The molecule has 1 saturated heterocycles. The van der Waals surface area contributed by atoms with Crippen LogP contribution in [0.2, 0.25) is 4.34 Å². The lowest BCUT2D eigenvalue weighted by atomic mass is 9.99. The fourth-order valence-corrected chi connectivity index (χ4v) is 3.23. The number of hydrogen-bond acceptors (Lipinski definition) is 3. The number of halogens is 1. The van der Waals surface area contributed by atoms with E-state index in [4.69, 9.17) is 16.7 Å². The van der Waals surface area contributed by atoms with Crippen LogP contribution in [0.15, 0.2) is 12.1 Å². The molecule has 2 rings (SSSR count). The Hall–Kier alpha value is -0.0900. The second-order valence-electron chi connectivity index (χ2n) is 4.13. The van der Waals surface area contributed by atoms with Gasteiger partial charge in [0, 0.05) is 24.6 Å². The minimum absolute atomic E-state index is 0.321. The zero-order valence-corrected chi connectivity index (χ0v) is 10.2. The molecule has 0 aliphatic carbocycles. The molecule has 4 heteroatoms. The largest absolute Gasteiger partial charge is 0.396 e. The molecule has 0 unspecified atom stereocenters. The number of aliphatic hydroxyl groups is 1. The Balaban J connectivity index is 1.88. The third-order valence-electron chi connectivity index (χ3n) is 2.87. The highest BCUT2D eigenvalue weighted by Gasteiger charge is 2.19. The lowest BCUT2D eigenvalue weighted by molar-refractivity contribution is 0.116. The monoisotopic (exact) mass is 245 g/mol. The molecule has 1 atom stereocenters. The first-order valence-electron chi connectivity index (χ1n) is 5.35. The number of likely N-dealkylation sites (tertiary alicyclic amines) is 1. The number of aliphatic hydroxyl groups excluding tert-OH is 1. The normalized spacial score (nSPS) is 23.2. The van der Waals surface area contributed by atoms with Gasteiger partial charge in [0.15, 0.2) is 0 Å². The van der Waals surface area contributed by atoms with Crippen molar-refractivity contribution in [1.29, 1.82) is 0 Å². The first kappa shape index (κ1) is 11.4. The maximum absolute atomic E-state index is 9.13. The molecule has 84 valence electrons. The van der Waals surface area contributed by atoms with Crippen molar-refractivity contribution >= 4 is 22.9 Å². The van der Waals surface area contributed by atoms with E-state index >= 15 is 0 Å². The van der Waals surface area contributed by atoms with Crippen molar-refractivity contribution in [2.45, 2.75) is 19.4 Å². The smallest absolute Gasteiger partial charge is 0.0931 e. The van der Waals surface area contributed by atoms with Crippen molar-refractivity contribution in [2.24, 2.45) is 5.92 Å². The van der Waals surface area contributed by atoms with Crippen molar-refractivity contribution in [2.75, 3.05) is 19.7 Å². The van der Waals surface area contributed by atoms with Gasteiger partial charge in [-0.3, -0.25) is 4.90 Å². The van der Waals surface area contributed by atoms with E-state index in [0.717, 1.165) is 30.4 Å². The molecule has 1 aromatic rings. The maximum Gasteiger partial charge on any atom is 0.0931 e. The van der Waals surface area contributed by atoms with Crippen LogP contribution in [0.25, 0.3) is 0 Å². The van der Waals surface area contributed by atoms with Crippen LogP contribution in [-0.4, -0.2) is 29.7 Å².